The van der Waals surface area contributed by atoms with Crippen molar-refractivity contribution in [1.82, 2.24) is 9.55 Å². The van der Waals surface area contributed by atoms with Crippen molar-refractivity contribution < 1.29 is 19.7 Å². The molecular weight excluding hydrogens is 360 g/mol. The van der Waals surface area contributed by atoms with Gasteiger partial charge in [-0.15, -0.1) is 0 Å². The molecule has 0 saturated carbocycles. The highest BCUT2D eigenvalue weighted by atomic mass is 16.5. The van der Waals surface area contributed by atoms with Crippen LogP contribution in [0.1, 0.15) is 42.2 Å². The van der Waals surface area contributed by atoms with E-state index in [-0.39, 0.29) is 36.4 Å². The van der Waals surface area contributed by atoms with Crippen molar-refractivity contribution in [2.75, 3.05) is 0 Å². The number of pyridine rings is 2. The van der Waals surface area contributed by atoms with Crippen LogP contribution in [-0.4, -0.2) is 25.7 Å². The Labute approximate surface area is 160 Å². The Bertz CT molecular complexity index is 1170. The molecule has 1 unspecified atom stereocenters. The zero-order valence-corrected chi connectivity index (χ0v) is 15.6. The molecule has 144 valence electrons. The van der Waals surface area contributed by atoms with E-state index >= 15 is 0 Å². The van der Waals surface area contributed by atoms with Crippen LogP contribution in [0.2, 0.25) is 0 Å². The molecule has 0 amide bonds. The van der Waals surface area contributed by atoms with E-state index in [9.17, 15) is 19.8 Å². The molecule has 0 aliphatic carbocycles. The van der Waals surface area contributed by atoms with E-state index < -0.39 is 12.1 Å². The third-order valence-corrected chi connectivity index (χ3v) is 5.14. The largest absolute Gasteiger partial charge is 0.458 e. The number of rotatable bonds is 1. The Balaban J connectivity index is 0.000000932. The molecule has 28 heavy (non-hydrogen) atoms. The van der Waals surface area contributed by atoms with E-state index in [1.807, 2.05) is 38.1 Å². The predicted octanol–water partition coefficient (Wildman–Crippen LogP) is 2.03. The van der Waals surface area contributed by atoms with Gasteiger partial charge in [0.05, 0.1) is 35.6 Å². The number of aliphatic hydroxyl groups excluding tert-OH is 2. The molecule has 0 spiro atoms. The number of hydrogen-bond acceptors (Lipinski definition) is 6. The van der Waals surface area contributed by atoms with E-state index in [1.54, 1.807) is 10.6 Å². The lowest BCUT2D eigenvalue weighted by Crippen LogP contribution is -2.32. The molecule has 0 fully saturated rings. The number of ether oxygens (including phenoxy) is 1. The fourth-order valence-corrected chi connectivity index (χ4v) is 3.84. The second-order valence-electron chi connectivity index (χ2n) is 6.46. The molecular formula is C21H20N2O5. The molecule has 1 aromatic carbocycles. The average molecular weight is 380 g/mol. The van der Waals surface area contributed by atoms with Gasteiger partial charge in [0.2, 0.25) is 0 Å². The van der Waals surface area contributed by atoms with Gasteiger partial charge in [-0.25, -0.2) is 9.78 Å². The van der Waals surface area contributed by atoms with Crippen LogP contribution >= 0.6 is 0 Å². The lowest BCUT2D eigenvalue weighted by atomic mass is 9.99. The third kappa shape index (κ3) is 2.47. The Hall–Kier alpha value is -3.03. The molecule has 5 rings (SSSR count). The quantitative estimate of drug-likeness (QED) is 0.490. The summed E-state index contributed by atoms with van der Waals surface area (Å²) in [6.07, 6.45) is -1.47. The molecule has 7 nitrogen and oxygen atoms in total. The number of hydrogen-bond donors (Lipinski definition) is 2. The smallest absolute Gasteiger partial charge is 0.340 e. The summed E-state index contributed by atoms with van der Waals surface area (Å²) in [6.45, 7) is 3.97. The van der Waals surface area contributed by atoms with Gasteiger partial charge in [-0.1, -0.05) is 32.0 Å². The van der Waals surface area contributed by atoms with E-state index in [2.05, 4.69) is 4.98 Å². The maximum absolute atomic E-state index is 12.9. The maximum Gasteiger partial charge on any atom is 0.340 e. The minimum atomic E-state index is -1.47. The number of nitrogens with zero attached hydrogens (tertiary/aromatic N) is 2. The van der Waals surface area contributed by atoms with Gasteiger partial charge >= 0.3 is 5.97 Å². The predicted molar refractivity (Wildman–Crippen MR) is 103 cm³/mol. The Morgan fingerprint density at radius 1 is 1.21 bits per heavy atom. The fraction of sp³-hybridized carbons (Fsp3) is 0.286. The van der Waals surface area contributed by atoms with Gasteiger partial charge in [0.25, 0.3) is 5.56 Å². The molecule has 1 atom stereocenters. The van der Waals surface area contributed by atoms with Crippen molar-refractivity contribution in [3.05, 3.63) is 62.9 Å². The van der Waals surface area contributed by atoms with Crippen molar-refractivity contribution in [2.24, 2.45) is 0 Å². The lowest BCUT2D eigenvalue weighted by Gasteiger charge is -2.21. The van der Waals surface area contributed by atoms with Crippen molar-refractivity contribution in [2.45, 2.75) is 39.7 Å². The number of fused-ring (bicyclic) bond motifs is 5. The summed E-state index contributed by atoms with van der Waals surface area (Å²) in [7, 11) is 0. The van der Waals surface area contributed by atoms with Crippen LogP contribution in [0, 0.1) is 0 Å². The summed E-state index contributed by atoms with van der Waals surface area (Å²) in [5.74, 6) is -0.761. The van der Waals surface area contributed by atoms with Crippen LogP contribution in [0.15, 0.2) is 35.1 Å². The van der Waals surface area contributed by atoms with Crippen LogP contribution in [0.25, 0.3) is 22.3 Å². The van der Waals surface area contributed by atoms with E-state index in [0.29, 0.717) is 16.9 Å². The standard InChI is InChI=1S/C19H14N2O5.C2H6/c22-7-12-9-3-1-2-4-14(9)20-16-11(12)6-21-15(16)5-10-13(18(21)24)8-26-19(25)17(10)23;1-2/h1-5,17,22-23H,6-8H2;1-2H3. The third-order valence-electron chi connectivity index (χ3n) is 5.14. The van der Waals surface area contributed by atoms with Crippen LogP contribution in [0.4, 0.5) is 0 Å². The first kappa shape index (κ1) is 18.3. The molecule has 2 N–H and O–H groups in total. The van der Waals surface area contributed by atoms with Crippen LogP contribution in [-0.2, 0) is 29.3 Å². The average Bonchev–Trinajstić information content (AvgIpc) is 3.09. The first-order valence-corrected chi connectivity index (χ1v) is 9.23. The van der Waals surface area contributed by atoms with E-state index in [1.165, 1.54) is 0 Å². The fourth-order valence-electron chi connectivity index (χ4n) is 3.84. The number of benzene rings is 1. The van der Waals surface area contributed by atoms with Gasteiger partial charge in [0, 0.05) is 16.5 Å². The highest BCUT2D eigenvalue weighted by Gasteiger charge is 2.34. The zero-order valence-electron chi connectivity index (χ0n) is 15.6. The number of para-hydroxylation sites is 1. The van der Waals surface area contributed by atoms with Crippen LogP contribution in [0.5, 0.6) is 0 Å². The molecule has 7 heteroatoms. The summed E-state index contributed by atoms with van der Waals surface area (Å²) in [4.78, 5) is 29.2. The highest BCUT2D eigenvalue weighted by Crippen LogP contribution is 2.37. The van der Waals surface area contributed by atoms with Gasteiger partial charge in [-0.2, -0.15) is 0 Å². The first-order valence-electron chi connectivity index (χ1n) is 9.23. The van der Waals surface area contributed by atoms with Gasteiger partial charge in [-0.05, 0) is 17.7 Å². The zero-order chi connectivity index (χ0) is 20.0. The van der Waals surface area contributed by atoms with Crippen molar-refractivity contribution in [3.63, 3.8) is 0 Å². The van der Waals surface area contributed by atoms with Crippen molar-refractivity contribution >= 4 is 16.9 Å². The summed E-state index contributed by atoms with van der Waals surface area (Å²) in [6, 6.07) is 9.11. The summed E-state index contributed by atoms with van der Waals surface area (Å²) < 4.78 is 6.44. The number of carbonyl (C=O) groups excluding carboxylic acids is 1. The Morgan fingerprint density at radius 2 is 1.96 bits per heavy atom. The summed E-state index contributed by atoms with van der Waals surface area (Å²) in [5, 5.41) is 20.9. The van der Waals surface area contributed by atoms with E-state index in [4.69, 9.17) is 4.74 Å². The van der Waals surface area contributed by atoms with Crippen molar-refractivity contribution in [1.29, 1.82) is 0 Å². The van der Waals surface area contributed by atoms with Gasteiger partial charge < -0.3 is 19.5 Å². The number of esters is 1. The van der Waals surface area contributed by atoms with Crippen molar-refractivity contribution in [3.8, 4) is 11.4 Å². The topological polar surface area (TPSA) is 102 Å². The second-order valence-corrected chi connectivity index (χ2v) is 6.46. The monoisotopic (exact) mass is 380 g/mol. The SMILES string of the molecule is CC.O=C1OCc2c(cc3n(c2=O)Cc2c-3nc3ccccc3c2CO)C1O. The van der Waals surface area contributed by atoms with E-state index in [0.717, 1.165) is 16.5 Å². The number of aromatic nitrogens is 2. The molecule has 2 aliphatic rings. The normalized spacial score (nSPS) is 16.6. The highest BCUT2D eigenvalue weighted by molar-refractivity contribution is 5.88. The summed E-state index contributed by atoms with van der Waals surface area (Å²) in [5.41, 5.74) is 3.61. The molecule has 0 radical (unpaired) electrons. The number of cyclic esters (lactones) is 1. The molecule has 2 aliphatic heterocycles. The first-order chi connectivity index (χ1) is 13.6. The number of carbonyl (C=O) groups is 1. The van der Waals surface area contributed by atoms with Gasteiger partial charge in [0.1, 0.15) is 6.61 Å². The maximum atomic E-state index is 12.9. The lowest BCUT2D eigenvalue weighted by molar-refractivity contribution is -0.157. The van der Waals surface area contributed by atoms with Gasteiger partial charge in [0.15, 0.2) is 6.10 Å². The number of aliphatic hydroxyl groups is 2. The molecule has 2 aromatic heterocycles. The minimum absolute atomic E-state index is 0.150. The Morgan fingerprint density at radius 3 is 2.71 bits per heavy atom. The minimum Gasteiger partial charge on any atom is -0.458 e. The molecule has 4 heterocycles. The second kappa shape index (κ2) is 6.85. The molecule has 0 saturated heterocycles. The van der Waals surface area contributed by atoms with Crippen LogP contribution in [0.3, 0.4) is 0 Å². The van der Waals surface area contributed by atoms with Gasteiger partial charge in [-0.3, -0.25) is 4.79 Å². The Kier molecular flexibility index (Phi) is 4.49. The van der Waals surface area contributed by atoms with Crippen LogP contribution < -0.4 is 5.56 Å². The summed E-state index contributed by atoms with van der Waals surface area (Å²) >= 11 is 0. The molecule has 3 aromatic rings. The molecule has 0 bridgehead atoms.